The van der Waals surface area contributed by atoms with Crippen LogP contribution in [0.4, 0.5) is 0 Å². The second kappa shape index (κ2) is 4.38. The summed E-state index contributed by atoms with van der Waals surface area (Å²) in [5.41, 5.74) is 1.91. The van der Waals surface area contributed by atoms with Gasteiger partial charge in [0.1, 0.15) is 6.33 Å². The zero-order valence-electron chi connectivity index (χ0n) is 9.87. The lowest BCUT2D eigenvalue weighted by Crippen LogP contribution is -2.21. The Bertz CT molecular complexity index is 840. The standard InChI is InChI=1S/C13H9N5O/c14-5-9-3-1-2-4-10(9)6-18-8-17-12-11(13(18)19)15-7-16-12/h1-4,7-8H,6H2,(H,15,16). The predicted octanol–water partition coefficient (Wildman–Crippen LogP) is 1.04. The molecule has 0 spiro atoms. The molecular formula is C13H9N5O. The van der Waals surface area contributed by atoms with Crippen molar-refractivity contribution in [3.63, 3.8) is 0 Å². The molecule has 0 unspecified atom stereocenters. The van der Waals surface area contributed by atoms with Gasteiger partial charge in [0.05, 0.1) is 24.5 Å². The van der Waals surface area contributed by atoms with Gasteiger partial charge < -0.3 is 4.98 Å². The molecule has 1 aromatic carbocycles. The van der Waals surface area contributed by atoms with Gasteiger partial charge in [-0.1, -0.05) is 18.2 Å². The second-order valence-corrected chi connectivity index (χ2v) is 4.05. The van der Waals surface area contributed by atoms with Crippen molar-refractivity contribution in [3.8, 4) is 6.07 Å². The van der Waals surface area contributed by atoms with Crippen LogP contribution in [0.25, 0.3) is 11.2 Å². The lowest BCUT2D eigenvalue weighted by Gasteiger charge is -2.06. The summed E-state index contributed by atoms with van der Waals surface area (Å²) in [7, 11) is 0. The van der Waals surface area contributed by atoms with Crippen LogP contribution < -0.4 is 5.56 Å². The zero-order valence-corrected chi connectivity index (χ0v) is 9.87. The summed E-state index contributed by atoms with van der Waals surface area (Å²) >= 11 is 0. The number of fused-ring (bicyclic) bond motifs is 1. The summed E-state index contributed by atoms with van der Waals surface area (Å²) in [6.45, 7) is 0.310. The number of rotatable bonds is 2. The molecule has 19 heavy (non-hydrogen) atoms. The van der Waals surface area contributed by atoms with Crippen molar-refractivity contribution in [1.29, 1.82) is 5.26 Å². The van der Waals surface area contributed by atoms with Crippen LogP contribution in [0.15, 0.2) is 41.7 Å². The molecule has 0 atom stereocenters. The molecule has 0 saturated heterocycles. The van der Waals surface area contributed by atoms with E-state index < -0.39 is 0 Å². The maximum Gasteiger partial charge on any atom is 0.279 e. The zero-order chi connectivity index (χ0) is 13.2. The first-order valence-corrected chi connectivity index (χ1v) is 5.66. The third-order valence-corrected chi connectivity index (χ3v) is 2.89. The van der Waals surface area contributed by atoms with Gasteiger partial charge in [-0.15, -0.1) is 0 Å². The number of hydrogen-bond donors (Lipinski definition) is 1. The highest BCUT2D eigenvalue weighted by molar-refractivity contribution is 5.67. The quantitative estimate of drug-likeness (QED) is 0.737. The molecule has 3 rings (SSSR count). The van der Waals surface area contributed by atoms with Crippen molar-refractivity contribution in [2.75, 3.05) is 0 Å². The Hall–Kier alpha value is -2.94. The van der Waals surface area contributed by atoms with E-state index in [-0.39, 0.29) is 5.56 Å². The van der Waals surface area contributed by atoms with Gasteiger partial charge in [-0.3, -0.25) is 9.36 Å². The van der Waals surface area contributed by atoms with Gasteiger partial charge in [-0.2, -0.15) is 5.26 Å². The van der Waals surface area contributed by atoms with Crippen LogP contribution in [0.2, 0.25) is 0 Å². The van der Waals surface area contributed by atoms with Crippen molar-refractivity contribution in [2.24, 2.45) is 0 Å². The molecule has 0 aliphatic carbocycles. The number of benzene rings is 1. The highest BCUT2D eigenvalue weighted by atomic mass is 16.1. The van der Waals surface area contributed by atoms with Crippen LogP contribution in [0, 0.1) is 11.3 Å². The fourth-order valence-corrected chi connectivity index (χ4v) is 1.93. The van der Waals surface area contributed by atoms with Gasteiger partial charge in [-0.05, 0) is 11.6 Å². The van der Waals surface area contributed by atoms with Crippen LogP contribution in [0.3, 0.4) is 0 Å². The van der Waals surface area contributed by atoms with Crippen molar-refractivity contribution in [2.45, 2.75) is 6.54 Å². The van der Waals surface area contributed by atoms with E-state index in [4.69, 9.17) is 5.26 Å². The second-order valence-electron chi connectivity index (χ2n) is 4.05. The number of nitriles is 1. The number of aromatic nitrogens is 4. The topological polar surface area (TPSA) is 87.4 Å². The molecule has 1 N–H and O–H groups in total. The Morgan fingerprint density at radius 2 is 2.16 bits per heavy atom. The summed E-state index contributed by atoms with van der Waals surface area (Å²) in [5.74, 6) is 0. The summed E-state index contributed by atoms with van der Waals surface area (Å²) in [6, 6.07) is 9.29. The minimum atomic E-state index is -0.199. The molecule has 2 aromatic heterocycles. The first-order chi connectivity index (χ1) is 9.29. The number of nitrogens with zero attached hydrogens (tertiary/aromatic N) is 4. The summed E-state index contributed by atoms with van der Waals surface area (Å²) in [5, 5.41) is 9.04. The lowest BCUT2D eigenvalue weighted by atomic mass is 10.1. The largest absolute Gasteiger partial charge is 0.339 e. The minimum Gasteiger partial charge on any atom is -0.339 e. The molecule has 6 heteroatoms. The maximum absolute atomic E-state index is 12.2. The normalized spacial score (nSPS) is 10.5. The molecule has 0 bridgehead atoms. The molecule has 0 fully saturated rings. The average Bonchev–Trinajstić information content (AvgIpc) is 2.92. The molecular weight excluding hydrogens is 242 g/mol. The Morgan fingerprint density at radius 3 is 3.00 bits per heavy atom. The smallest absolute Gasteiger partial charge is 0.279 e. The van der Waals surface area contributed by atoms with Crippen molar-refractivity contribution >= 4 is 11.2 Å². The first kappa shape index (κ1) is 11.2. The summed E-state index contributed by atoms with van der Waals surface area (Å²) in [4.78, 5) is 23.0. The minimum absolute atomic E-state index is 0.199. The molecule has 0 amide bonds. The lowest BCUT2D eigenvalue weighted by molar-refractivity contribution is 0.745. The molecule has 0 saturated carbocycles. The van der Waals surface area contributed by atoms with Gasteiger partial charge >= 0.3 is 0 Å². The van der Waals surface area contributed by atoms with E-state index in [0.29, 0.717) is 23.3 Å². The first-order valence-electron chi connectivity index (χ1n) is 5.66. The van der Waals surface area contributed by atoms with Crippen LogP contribution in [0.5, 0.6) is 0 Å². The molecule has 6 nitrogen and oxygen atoms in total. The highest BCUT2D eigenvalue weighted by Gasteiger charge is 2.08. The van der Waals surface area contributed by atoms with Gasteiger partial charge in [-0.25, -0.2) is 9.97 Å². The number of H-pyrrole nitrogens is 1. The monoisotopic (exact) mass is 251 g/mol. The van der Waals surface area contributed by atoms with Crippen LogP contribution in [-0.2, 0) is 6.54 Å². The number of aromatic amines is 1. The van der Waals surface area contributed by atoms with E-state index in [1.165, 1.54) is 17.2 Å². The van der Waals surface area contributed by atoms with Gasteiger partial charge in [0, 0.05) is 0 Å². The summed E-state index contributed by atoms with van der Waals surface area (Å²) in [6.07, 6.45) is 2.88. The summed E-state index contributed by atoms with van der Waals surface area (Å²) < 4.78 is 1.46. The Morgan fingerprint density at radius 1 is 1.32 bits per heavy atom. The van der Waals surface area contributed by atoms with Crippen molar-refractivity contribution in [1.82, 2.24) is 19.5 Å². The number of hydrogen-bond acceptors (Lipinski definition) is 4. The number of nitrogens with one attached hydrogen (secondary N) is 1. The van der Waals surface area contributed by atoms with E-state index in [9.17, 15) is 4.79 Å². The molecule has 2 heterocycles. The van der Waals surface area contributed by atoms with Gasteiger partial charge in [0.2, 0.25) is 0 Å². The SMILES string of the molecule is N#Cc1ccccc1Cn1cnc2nc[nH]c2c1=O. The number of imidazole rings is 1. The van der Waals surface area contributed by atoms with E-state index in [1.807, 2.05) is 12.1 Å². The molecule has 0 aliphatic heterocycles. The van der Waals surface area contributed by atoms with Crippen molar-refractivity contribution < 1.29 is 0 Å². The molecule has 0 aliphatic rings. The molecule has 92 valence electrons. The third kappa shape index (κ3) is 1.87. The highest BCUT2D eigenvalue weighted by Crippen LogP contribution is 2.08. The van der Waals surface area contributed by atoms with E-state index in [0.717, 1.165) is 5.56 Å². The van der Waals surface area contributed by atoms with Gasteiger partial charge in [0.15, 0.2) is 11.2 Å². The fourth-order valence-electron chi connectivity index (χ4n) is 1.93. The molecule has 0 radical (unpaired) electrons. The van der Waals surface area contributed by atoms with Crippen LogP contribution >= 0.6 is 0 Å². The van der Waals surface area contributed by atoms with Crippen LogP contribution in [-0.4, -0.2) is 19.5 Å². The molecule has 3 aromatic rings. The Kier molecular flexibility index (Phi) is 2.58. The predicted molar refractivity (Wildman–Crippen MR) is 68.4 cm³/mol. The van der Waals surface area contributed by atoms with Crippen LogP contribution in [0.1, 0.15) is 11.1 Å². The third-order valence-electron chi connectivity index (χ3n) is 2.89. The van der Waals surface area contributed by atoms with Gasteiger partial charge in [0.25, 0.3) is 5.56 Å². The van der Waals surface area contributed by atoms with E-state index in [2.05, 4.69) is 21.0 Å². The Balaban J connectivity index is 2.09. The van der Waals surface area contributed by atoms with Crippen molar-refractivity contribution in [3.05, 3.63) is 58.4 Å². The Labute approximate surface area is 108 Å². The van der Waals surface area contributed by atoms with E-state index >= 15 is 0 Å². The fraction of sp³-hybridized carbons (Fsp3) is 0.0769. The van der Waals surface area contributed by atoms with E-state index in [1.54, 1.807) is 12.1 Å². The average molecular weight is 251 g/mol. The maximum atomic E-state index is 12.2.